The number of thiocarbonyl (C=S) groups is 1. The Morgan fingerprint density at radius 3 is 2.60 bits per heavy atom. The molecule has 0 bridgehead atoms. The molecule has 6 heteroatoms. The van der Waals surface area contributed by atoms with Gasteiger partial charge in [-0.2, -0.15) is 0 Å². The number of ether oxygens (including phenoxy) is 1. The molecule has 2 rings (SSSR count). The highest BCUT2D eigenvalue weighted by atomic mass is 35.5. The Labute approximate surface area is 128 Å². The molecule has 1 aromatic carbocycles. The number of benzene rings is 1. The van der Waals surface area contributed by atoms with E-state index in [1.807, 2.05) is 24.3 Å². The van der Waals surface area contributed by atoms with E-state index in [1.165, 1.54) is 0 Å². The predicted molar refractivity (Wildman–Crippen MR) is 85.3 cm³/mol. The molecule has 0 amide bonds. The van der Waals surface area contributed by atoms with Crippen LogP contribution in [0.5, 0.6) is 5.75 Å². The van der Waals surface area contributed by atoms with Gasteiger partial charge in [0.25, 0.3) is 0 Å². The summed E-state index contributed by atoms with van der Waals surface area (Å²) in [5.74, 6) is 1.49. The van der Waals surface area contributed by atoms with Crippen LogP contribution in [-0.4, -0.2) is 17.2 Å². The van der Waals surface area contributed by atoms with Gasteiger partial charge in [-0.05, 0) is 42.0 Å². The quantitative estimate of drug-likeness (QED) is 0.849. The summed E-state index contributed by atoms with van der Waals surface area (Å²) in [6.45, 7) is 0.628. The van der Waals surface area contributed by atoms with Gasteiger partial charge in [-0.25, -0.2) is 4.98 Å². The molecule has 2 N–H and O–H groups in total. The van der Waals surface area contributed by atoms with Crippen LogP contribution in [0.1, 0.15) is 5.56 Å². The van der Waals surface area contributed by atoms with Crippen molar-refractivity contribution >= 4 is 34.7 Å². The Bertz CT molecular complexity index is 572. The first-order chi connectivity index (χ1) is 9.67. The van der Waals surface area contributed by atoms with Crippen molar-refractivity contribution in [3.8, 4) is 5.75 Å². The average Bonchev–Trinajstić information content (AvgIpc) is 2.48. The topological polar surface area (TPSA) is 46.2 Å². The number of anilines is 1. The Kier molecular flexibility index (Phi) is 5.15. The molecule has 104 valence electrons. The highest BCUT2D eigenvalue weighted by Gasteiger charge is 2.00. The van der Waals surface area contributed by atoms with Crippen molar-refractivity contribution in [2.75, 3.05) is 12.4 Å². The van der Waals surface area contributed by atoms with E-state index in [4.69, 9.17) is 28.6 Å². The molecule has 0 aliphatic rings. The van der Waals surface area contributed by atoms with Crippen LogP contribution in [0, 0.1) is 0 Å². The Morgan fingerprint density at radius 1 is 1.25 bits per heavy atom. The fourth-order valence-electron chi connectivity index (χ4n) is 1.54. The number of nitrogens with one attached hydrogen (secondary N) is 2. The van der Waals surface area contributed by atoms with Crippen LogP contribution in [0.3, 0.4) is 0 Å². The van der Waals surface area contributed by atoms with Gasteiger partial charge in [0.1, 0.15) is 11.6 Å². The van der Waals surface area contributed by atoms with Crippen molar-refractivity contribution in [3.63, 3.8) is 0 Å². The number of hydrogen-bond acceptors (Lipinski definition) is 3. The molecule has 2 aromatic rings. The van der Waals surface area contributed by atoms with Crippen LogP contribution in [0.15, 0.2) is 42.6 Å². The summed E-state index contributed by atoms with van der Waals surface area (Å²) in [6.07, 6.45) is 1.57. The molecule has 1 aromatic heterocycles. The van der Waals surface area contributed by atoms with E-state index in [1.54, 1.807) is 25.4 Å². The van der Waals surface area contributed by atoms with Gasteiger partial charge >= 0.3 is 0 Å². The number of halogens is 1. The third kappa shape index (κ3) is 4.36. The number of hydrogen-bond donors (Lipinski definition) is 2. The van der Waals surface area contributed by atoms with E-state index in [-0.39, 0.29) is 0 Å². The number of aromatic nitrogens is 1. The van der Waals surface area contributed by atoms with Gasteiger partial charge < -0.3 is 15.4 Å². The van der Waals surface area contributed by atoms with Gasteiger partial charge in [0.2, 0.25) is 0 Å². The van der Waals surface area contributed by atoms with Crippen LogP contribution in [0.4, 0.5) is 5.82 Å². The maximum Gasteiger partial charge on any atom is 0.172 e. The zero-order valence-corrected chi connectivity index (χ0v) is 12.5. The van der Waals surface area contributed by atoms with Gasteiger partial charge in [-0.1, -0.05) is 23.7 Å². The number of rotatable bonds is 4. The first-order valence-electron chi connectivity index (χ1n) is 5.97. The first kappa shape index (κ1) is 14.6. The van der Waals surface area contributed by atoms with E-state index in [0.29, 0.717) is 22.5 Å². The molecule has 0 aliphatic carbocycles. The fraction of sp³-hybridized carbons (Fsp3) is 0.143. The molecule has 0 fully saturated rings. The summed E-state index contributed by atoms with van der Waals surface area (Å²) in [6, 6.07) is 11.3. The van der Waals surface area contributed by atoms with Crippen molar-refractivity contribution in [3.05, 3.63) is 53.2 Å². The third-order valence-corrected chi connectivity index (χ3v) is 3.05. The lowest BCUT2D eigenvalue weighted by molar-refractivity contribution is 0.414. The molecule has 0 atom stereocenters. The zero-order valence-electron chi connectivity index (χ0n) is 10.9. The monoisotopic (exact) mass is 307 g/mol. The number of pyridine rings is 1. The Morgan fingerprint density at radius 2 is 2.00 bits per heavy atom. The maximum absolute atomic E-state index is 5.77. The first-order valence-corrected chi connectivity index (χ1v) is 6.75. The predicted octanol–water partition coefficient (Wildman–Crippen LogP) is 3.23. The van der Waals surface area contributed by atoms with E-state index in [9.17, 15) is 0 Å². The molecule has 0 saturated carbocycles. The van der Waals surface area contributed by atoms with Crippen LogP contribution < -0.4 is 15.4 Å². The molecular formula is C14H14ClN3OS. The summed E-state index contributed by atoms with van der Waals surface area (Å²) in [7, 11) is 1.64. The van der Waals surface area contributed by atoms with Crippen molar-refractivity contribution in [1.82, 2.24) is 10.3 Å². The standard InChI is InChI=1S/C14H14ClN3OS/c1-19-12-5-2-10(3-6-12)8-17-14(20)18-13-7-4-11(15)9-16-13/h2-7,9H,8H2,1H3,(H2,16,17,18,20). The summed E-state index contributed by atoms with van der Waals surface area (Å²) < 4.78 is 5.11. The van der Waals surface area contributed by atoms with Crippen molar-refractivity contribution in [2.24, 2.45) is 0 Å². The third-order valence-electron chi connectivity index (χ3n) is 2.58. The molecule has 0 spiro atoms. The highest BCUT2D eigenvalue weighted by molar-refractivity contribution is 7.80. The summed E-state index contributed by atoms with van der Waals surface area (Å²) >= 11 is 11.0. The van der Waals surface area contributed by atoms with Crippen molar-refractivity contribution in [1.29, 1.82) is 0 Å². The van der Waals surface area contributed by atoms with Gasteiger partial charge in [0.15, 0.2) is 5.11 Å². The van der Waals surface area contributed by atoms with E-state index in [2.05, 4.69) is 15.6 Å². The Balaban J connectivity index is 1.83. The van der Waals surface area contributed by atoms with Crippen LogP contribution >= 0.6 is 23.8 Å². The molecule has 0 aliphatic heterocycles. The maximum atomic E-state index is 5.77. The van der Waals surface area contributed by atoms with Crippen LogP contribution in [0.2, 0.25) is 5.02 Å². The smallest absolute Gasteiger partial charge is 0.172 e. The summed E-state index contributed by atoms with van der Waals surface area (Å²) in [5, 5.41) is 7.19. The zero-order chi connectivity index (χ0) is 14.4. The second-order valence-electron chi connectivity index (χ2n) is 4.02. The van der Waals surface area contributed by atoms with E-state index in [0.717, 1.165) is 11.3 Å². The molecule has 0 radical (unpaired) electrons. The highest BCUT2D eigenvalue weighted by Crippen LogP contribution is 2.11. The average molecular weight is 308 g/mol. The SMILES string of the molecule is COc1ccc(CNC(=S)Nc2ccc(Cl)cn2)cc1. The second kappa shape index (κ2) is 7.07. The van der Waals surface area contributed by atoms with Gasteiger partial charge in [0, 0.05) is 12.7 Å². The fourth-order valence-corrected chi connectivity index (χ4v) is 1.82. The number of nitrogens with zero attached hydrogens (tertiary/aromatic N) is 1. The van der Waals surface area contributed by atoms with Crippen molar-refractivity contribution in [2.45, 2.75) is 6.54 Å². The molecule has 0 saturated heterocycles. The van der Waals surface area contributed by atoms with Gasteiger partial charge in [-0.15, -0.1) is 0 Å². The molecular weight excluding hydrogens is 294 g/mol. The van der Waals surface area contributed by atoms with Crippen molar-refractivity contribution < 1.29 is 4.74 Å². The Hall–Kier alpha value is -1.85. The van der Waals surface area contributed by atoms with Crippen LogP contribution in [0.25, 0.3) is 0 Å². The van der Waals surface area contributed by atoms with Gasteiger partial charge in [0.05, 0.1) is 12.1 Å². The minimum Gasteiger partial charge on any atom is -0.497 e. The van der Waals surface area contributed by atoms with E-state index >= 15 is 0 Å². The lowest BCUT2D eigenvalue weighted by Crippen LogP contribution is -2.28. The largest absolute Gasteiger partial charge is 0.497 e. The molecule has 4 nitrogen and oxygen atoms in total. The second-order valence-corrected chi connectivity index (χ2v) is 4.86. The normalized spacial score (nSPS) is 9.90. The molecule has 20 heavy (non-hydrogen) atoms. The molecule has 1 heterocycles. The summed E-state index contributed by atoms with van der Waals surface area (Å²) in [5.41, 5.74) is 1.11. The van der Waals surface area contributed by atoms with E-state index < -0.39 is 0 Å². The molecule has 0 unspecified atom stereocenters. The summed E-state index contributed by atoms with van der Waals surface area (Å²) in [4.78, 5) is 4.11. The minimum atomic E-state index is 0.510. The number of methoxy groups -OCH3 is 1. The van der Waals surface area contributed by atoms with Gasteiger partial charge in [-0.3, -0.25) is 0 Å². The van der Waals surface area contributed by atoms with Crippen LogP contribution in [-0.2, 0) is 6.54 Å². The minimum absolute atomic E-state index is 0.510. The lowest BCUT2D eigenvalue weighted by Gasteiger charge is -2.10. The lowest BCUT2D eigenvalue weighted by atomic mass is 10.2.